The van der Waals surface area contributed by atoms with Gasteiger partial charge in [0.05, 0.1) is 18.9 Å². The number of carbonyl (C=O) groups is 1. The van der Waals surface area contributed by atoms with Gasteiger partial charge in [0.25, 0.3) is 5.91 Å². The van der Waals surface area contributed by atoms with Crippen molar-refractivity contribution in [3.63, 3.8) is 0 Å². The molecule has 3 aromatic rings. The summed E-state index contributed by atoms with van der Waals surface area (Å²) in [5.74, 6) is 0.763. The van der Waals surface area contributed by atoms with Crippen LogP contribution in [0.1, 0.15) is 21.5 Å². The Morgan fingerprint density at radius 1 is 1.00 bits per heavy atom. The quantitative estimate of drug-likeness (QED) is 0.467. The summed E-state index contributed by atoms with van der Waals surface area (Å²) < 4.78 is 11.1. The fraction of sp³-hybridized carbons (Fsp3) is 0.0909. The number of hydrogen-bond donors (Lipinski definition) is 1. The minimum absolute atomic E-state index is 0.331. The summed E-state index contributed by atoms with van der Waals surface area (Å²) in [5, 5.41) is 4.69. The molecule has 3 rings (SSSR count). The predicted octanol–water partition coefficient (Wildman–Crippen LogP) is 4.69. The van der Waals surface area contributed by atoms with Crippen LogP contribution in [0.3, 0.4) is 0 Å². The molecular weight excluding hydrogens is 376 g/mol. The van der Waals surface area contributed by atoms with Crippen molar-refractivity contribution < 1.29 is 14.3 Å². The van der Waals surface area contributed by atoms with E-state index >= 15 is 0 Å². The van der Waals surface area contributed by atoms with E-state index in [4.69, 9.17) is 21.1 Å². The normalized spacial score (nSPS) is 10.6. The van der Waals surface area contributed by atoms with Gasteiger partial charge in [0.1, 0.15) is 18.1 Å². The van der Waals surface area contributed by atoms with Crippen molar-refractivity contribution in [3.05, 3.63) is 94.5 Å². The average Bonchev–Trinajstić information content (AvgIpc) is 2.74. The lowest BCUT2D eigenvalue weighted by molar-refractivity contribution is 0.0952. The Morgan fingerprint density at radius 2 is 1.68 bits per heavy atom. The van der Waals surface area contributed by atoms with E-state index in [2.05, 4.69) is 10.5 Å². The van der Waals surface area contributed by atoms with Gasteiger partial charge in [-0.3, -0.25) is 4.79 Å². The molecular formula is C22H19ClN2O3. The highest BCUT2D eigenvalue weighted by Gasteiger charge is 2.10. The van der Waals surface area contributed by atoms with Crippen LogP contribution in [0, 0.1) is 0 Å². The number of halogens is 1. The van der Waals surface area contributed by atoms with Gasteiger partial charge >= 0.3 is 0 Å². The highest BCUT2D eigenvalue weighted by atomic mass is 35.5. The summed E-state index contributed by atoms with van der Waals surface area (Å²) in [6.45, 7) is 0.331. The molecule has 1 amide bonds. The first-order chi connectivity index (χ1) is 13.7. The number of hydrogen-bond acceptors (Lipinski definition) is 4. The Morgan fingerprint density at radius 3 is 2.46 bits per heavy atom. The van der Waals surface area contributed by atoms with E-state index < -0.39 is 0 Å². The van der Waals surface area contributed by atoms with Crippen molar-refractivity contribution in [2.24, 2.45) is 5.10 Å². The highest BCUT2D eigenvalue weighted by Crippen LogP contribution is 2.21. The molecule has 28 heavy (non-hydrogen) atoms. The minimum Gasteiger partial charge on any atom is -0.496 e. The number of hydrazone groups is 1. The first-order valence-corrected chi connectivity index (χ1v) is 8.98. The molecule has 0 bridgehead atoms. The minimum atomic E-state index is -0.358. The summed E-state index contributed by atoms with van der Waals surface area (Å²) in [5.41, 5.74) is 4.53. The zero-order valence-electron chi connectivity index (χ0n) is 15.3. The number of rotatable bonds is 7. The van der Waals surface area contributed by atoms with Crippen LogP contribution < -0.4 is 14.9 Å². The summed E-state index contributed by atoms with van der Waals surface area (Å²) in [7, 11) is 1.52. The van der Waals surface area contributed by atoms with Crippen LogP contribution in [0.2, 0.25) is 5.02 Å². The number of benzene rings is 3. The molecule has 0 fully saturated rings. The number of nitrogens with one attached hydrogen (secondary N) is 1. The maximum Gasteiger partial charge on any atom is 0.275 e. The van der Waals surface area contributed by atoms with Crippen LogP contribution in [0.5, 0.6) is 11.5 Å². The second-order valence-corrected chi connectivity index (χ2v) is 6.22. The van der Waals surface area contributed by atoms with Gasteiger partial charge in [-0.15, -0.1) is 0 Å². The molecule has 0 aliphatic rings. The Balaban J connectivity index is 1.67. The van der Waals surface area contributed by atoms with Crippen LogP contribution in [0.15, 0.2) is 77.9 Å². The van der Waals surface area contributed by atoms with Crippen LogP contribution in [-0.4, -0.2) is 19.2 Å². The van der Waals surface area contributed by atoms with Crippen molar-refractivity contribution in [1.29, 1.82) is 0 Å². The van der Waals surface area contributed by atoms with Gasteiger partial charge in [-0.2, -0.15) is 5.10 Å². The molecule has 0 heterocycles. The van der Waals surface area contributed by atoms with E-state index in [1.165, 1.54) is 13.3 Å². The van der Waals surface area contributed by atoms with Crippen molar-refractivity contribution in [1.82, 2.24) is 5.43 Å². The fourth-order valence-electron chi connectivity index (χ4n) is 2.54. The standard InChI is InChI=1S/C22H19ClN2O3/c1-27-21-13-7-4-10-18(21)22(26)25-24-14-16-8-3-6-12-20(16)28-15-17-9-2-5-11-19(17)23/h2-14H,15H2,1H3,(H,25,26)/b24-14+. The Labute approximate surface area is 168 Å². The molecule has 142 valence electrons. The number of nitrogens with zero attached hydrogens (tertiary/aromatic N) is 1. The summed E-state index contributed by atoms with van der Waals surface area (Å²) in [6, 6.07) is 21.9. The van der Waals surface area contributed by atoms with Crippen molar-refractivity contribution in [3.8, 4) is 11.5 Å². The zero-order chi connectivity index (χ0) is 19.8. The van der Waals surface area contributed by atoms with E-state index in [0.29, 0.717) is 28.7 Å². The third-order valence-electron chi connectivity index (χ3n) is 3.98. The smallest absolute Gasteiger partial charge is 0.275 e. The van der Waals surface area contributed by atoms with Crippen molar-refractivity contribution >= 4 is 23.7 Å². The lowest BCUT2D eigenvalue weighted by atomic mass is 10.2. The van der Waals surface area contributed by atoms with Crippen LogP contribution in [-0.2, 0) is 6.61 Å². The molecule has 1 N–H and O–H groups in total. The number of methoxy groups -OCH3 is 1. The van der Waals surface area contributed by atoms with E-state index in [1.807, 2.05) is 48.5 Å². The molecule has 0 unspecified atom stereocenters. The van der Waals surface area contributed by atoms with Gasteiger partial charge in [0, 0.05) is 16.1 Å². The predicted molar refractivity (Wildman–Crippen MR) is 110 cm³/mol. The highest BCUT2D eigenvalue weighted by molar-refractivity contribution is 6.31. The van der Waals surface area contributed by atoms with Gasteiger partial charge in [-0.25, -0.2) is 5.43 Å². The third-order valence-corrected chi connectivity index (χ3v) is 4.35. The van der Waals surface area contributed by atoms with Gasteiger partial charge in [0.2, 0.25) is 0 Å². The SMILES string of the molecule is COc1ccccc1C(=O)N/N=C/c1ccccc1OCc1ccccc1Cl. The number of amides is 1. The Hall–Kier alpha value is -3.31. The van der Waals surface area contributed by atoms with Gasteiger partial charge in [-0.05, 0) is 30.3 Å². The molecule has 0 spiro atoms. The van der Waals surface area contributed by atoms with Crippen molar-refractivity contribution in [2.75, 3.05) is 7.11 Å². The molecule has 0 aliphatic heterocycles. The first-order valence-electron chi connectivity index (χ1n) is 8.60. The Kier molecular flexibility index (Phi) is 6.65. The monoisotopic (exact) mass is 394 g/mol. The van der Waals surface area contributed by atoms with E-state index in [-0.39, 0.29) is 5.91 Å². The molecule has 6 heteroatoms. The maximum atomic E-state index is 12.3. The third kappa shape index (κ3) is 4.90. The number of carbonyl (C=O) groups excluding carboxylic acids is 1. The molecule has 0 radical (unpaired) electrons. The number of para-hydroxylation sites is 2. The van der Waals surface area contributed by atoms with E-state index in [9.17, 15) is 4.79 Å². The number of ether oxygens (including phenoxy) is 2. The van der Waals surface area contributed by atoms with Gasteiger partial charge in [0.15, 0.2) is 0 Å². The second kappa shape index (κ2) is 9.58. The van der Waals surface area contributed by atoms with Crippen LogP contribution in [0.4, 0.5) is 0 Å². The molecule has 5 nitrogen and oxygen atoms in total. The molecule has 0 aromatic heterocycles. The summed E-state index contributed by atoms with van der Waals surface area (Å²) in [6.07, 6.45) is 1.54. The molecule has 0 atom stereocenters. The summed E-state index contributed by atoms with van der Waals surface area (Å²) >= 11 is 6.17. The van der Waals surface area contributed by atoms with Gasteiger partial charge < -0.3 is 9.47 Å². The molecule has 0 aliphatic carbocycles. The molecule has 3 aromatic carbocycles. The molecule has 0 saturated heterocycles. The fourth-order valence-corrected chi connectivity index (χ4v) is 2.73. The van der Waals surface area contributed by atoms with Gasteiger partial charge in [-0.1, -0.05) is 54.1 Å². The summed E-state index contributed by atoms with van der Waals surface area (Å²) in [4.78, 5) is 12.3. The van der Waals surface area contributed by atoms with Crippen LogP contribution in [0.25, 0.3) is 0 Å². The van der Waals surface area contributed by atoms with E-state index in [1.54, 1.807) is 24.3 Å². The molecule has 0 saturated carbocycles. The topological polar surface area (TPSA) is 59.9 Å². The first kappa shape index (κ1) is 19.5. The lowest BCUT2D eigenvalue weighted by Gasteiger charge is -2.10. The lowest BCUT2D eigenvalue weighted by Crippen LogP contribution is -2.18. The Bertz CT molecular complexity index is 989. The maximum absolute atomic E-state index is 12.3. The zero-order valence-corrected chi connectivity index (χ0v) is 16.0. The largest absolute Gasteiger partial charge is 0.496 e. The second-order valence-electron chi connectivity index (χ2n) is 5.82. The van der Waals surface area contributed by atoms with E-state index in [0.717, 1.165) is 11.1 Å². The van der Waals surface area contributed by atoms with Crippen molar-refractivity contribution in [2.45, 2.75) is 6.61 Å². The average molecular weight is 395 g/mol. The van der Waals surface area contributed by atoms with Crippen LogP contribution >= 0.6 is 11.6 Å².